The van der Waals surface area contributed by atoms with Gasteiger partial charge in [0.2, 0.25) is 5.91 Å². The Bertz CT molecular complexity index is 797. The van der Waals surface area contributed by atoms with Gasteiger partial charge in [0.05, 0.1) is 0 Å². The molecule has 7 heteroatoms. The van der Waals surface area contributed by atoms with E-state index in [2.05, 4.69) is 46.9 Å². The van der Waals surface area contributed by atoms with E-state index in [-0.39, 0.29) is 23.7 Å². The van der Waals surface area contributed by atoms with Gasteiger partial charge in [-0.2, -0.15) is 5.10 Å². The molecule has 0 unspecified atom stereocenters. The maximum atomic E-state index is 13.5. The largest absolute Gasteiger partial charge is 0.381 e. The molecular weight excluding hydrogens is 388 g/mol. The van der Waals surface area contributed by atoms with Crippen LogP contribution < -0.4 is 10.6 Å². The van der Waals surface area contributed by atoms with Crippen molar-refractivity contribution in [3.8, 4) is 0 Å². The second-order valence-electron chi connectivity index (χ2n) is 8.12. The van der Waals surface area contributed by atoms with Crippen molar-refractivity contribution in [3.05, 3.63) is 53.9 Å². The first-order valence-electron chi connectivity index (χ1n) is 10.3. The Morgan fingerprint density at radius 3 is 2.55 bits per heavy atom. The molecule has 1 aromatic heterocycles. The van der Waals surface area contributed by atoms with E-state index in [4.69, 9.17) is 4.74 Å². The standard InChI is InChI=1S/C22H30N4O2.ClH/c1-18-5-2-3-6-19(18)21(9-15-28-16-10-21)17-24-20(27)22(7-12-23-13-8-22)26-14-4-11-25-26;/h2-6,11,14,23H,7-10,12-13,15-17H2,1H3,(H,24,27);1H. The quantitative estimate of drug-likeness (QED) is 0.783. The molecule has 6 nitrogen and oxygen atoms in total. The number of aromatic nitrogens is 2. The minimum absolute atomic E-state index is 0. The predicted molar refractivity (Wildman–Crippen MR) is 115 cm³/mol. The Kier molecular flexibility index (Phi) is 6.98. The van der Waals surface area contributed by atoms with Crippen LogP contribution in [0.5, 0.6) is 0 Å². The van der Waals surface area contributed by atoms with Crippen molar-refractivity contribution < 1.29 is 9.53 Å². The molecule has 0 bridgehead atoms. The summed E-state index contributed by atoms with van der Waals surface area (Å²) in [7, 11) is 0. The number of nitrogens with zero attached hydrogens (tertiary/aromatic N) is 2. The van der Waals surface area contributed by atoms with E-state index in [0.717, 1.165) is 52.0 Å². The molecule has 2 aliphatic heterocycles. The fraction of sp³-hybridized carbons (Fsp3) is 0.545. The third kappa shape index (κ3) is 4.20. The third-order valence-corrected chi connectivity index (χ3v) is 6.55. The number of amides is 1. The van der Waals surface area contributed by atoms with E-state index in [9.17, 15) is 4.79 Å². The predicted octanol–water partition coefficient (Wildman–Crippen LogP) is 2.56. The molecule has 0 aliphatic carbocycles. The molecule has 0 atom stereocenters. The lowest BCUT2D eigenvalue weighted by atomic mass is 9.72. The summed E-state index contributed by atoms with van der Waals surface area (Å²) in [5.74, 6) is 0.0807. The molecule has 4 rings (SSSR count). The van der Waals surface area contributed by atoms with Gasteiger partial charge in [-0.25, -0.2) is 0 Å². The van der Waals surface area contributed by atoms with Gasteiger partial charge in [0.25, 0.3) is 0 Å². The van der Waals surface area contributed by atoms with Crippen molar-refractivity contribution in [1.29, 1.82) is 0 Å². The number of halogens is 1. The van der Waals surface area contributed by atoms with Crippen LogP contribution in [-0.2, 0) is 20.5 Å². The fourth-order valence-electron chi connectivity index (χ4n) is 4.81. The highest BCUT2D eigenvalue weighted by atomic mass is 35.5. The van der Waals surface area contributed by atoms with Crippen LogP contribution in [0, 0.1) is 6.92 Å². The molecule has 0 spiro atoms. The molecule has 158 valence electrons. The zero-order valence-corrected chi connectivity index (χ0v) is 17.8. The molecule has 2 aliphatic rings. The van der Waals surface area contributed by atoms with Gasteiger partial charge >= 0.3 is 0 Å². The summed E-state index contributed by atoms with van der Waals surface area (Å²) in [4.78, 5) is 13.5. The summed E-state index contributed by atoms with van der Waals surface area (Å²) < 4.78 is 7.51. The van der Waals surface area contributed by atoms with E-state index in [0.29, 0.717) is 6.54 Å². The van der Waals surface area contributed by atoms with Crippen molar-refractivity contribution in [3.63, 3.8) is 0 Å². The molecule has 3 heterocycles. The van der Waals surface area contributed by atoms with Gasteiger partial charge < -0.3 is 15.4 Å². The molecule has 1 aromatic carbocycles. The normalized spacial score (nSPS) is 20.4. The van der Waals surface area contributed by atoms with Gasteiger partial charge in [0.1, 0.15) is 5.54 Å². The number of hydrogen-bond acceptors (Lipinski definition) is 4. The van der Waals surface area contributed by atoms with Crippen LogP contribution in [-0.4, -0.2) is 48.5 Å². The summed E-state index contributed by atoms with van der Waals surface area (Å²) in [6.45, 7) is 5.91. The second kappa shape index (κ2) is 9.28. The van der Waals surface area contributed by atoms with Gasteiger partial charge in [-0.15, -0.1) is 12.4 Å². The highest BCUT2D eigenvalue weighted by Crippen LogP contribution is 2.36. The van der Waals surface area contributed by atoms with E-state index in [1.807, 2.05) is 16.9 Å². The fourth-order valence-corrected chi connectivity index (χ4v) is 4.81. The Morgan fingerprint density at radius 1 is 1.17 bits per heavy atom. The van der Waals surface area contributed by atoms with E-state index in [1.165, 1.54) is 11.1 Å². The summed E-state index contributed by atoms with van der Waals surface area (Å²) >= 11 is 0. The zero-order chi connectivity index (χ0) is 19.5. The van der Waals surface area contributed by atoms with Crippen molar-refractivity contribution >= 4 is 18.3 Å². The SMILES string of the molecule is Cc1ccccc1C1(CNC(=O)C2(n3cccn3)CCNCC2)CCOCC1.Cl. The maximum absolute atomic E-state index is 13.5. The molecule has 29 heavy (non-hydrogen) atoms. The summed E-state index contributed by atoms with van der Waals surface area (Å²) in [6.07, 6.45) is 7.02. The van der Waals surface area contributed by atoms with Crippen LogP contribution in [0.4, 0.5) is 0 Å². The van der Waals surface area contributed by atoms with Crippen molar-refractivity contribution in [2.24, 2.45) is 0 Å². The number of nitrogens with one attached hydrogen (secondary N) is 2. The van der Waals surface area contributed by atoms with Gasteiger partial charge in [0, 0.05) is 37.6 Å². The Hall–Kier alpha value is -1.89. The number of carbonyl (C=O) groups excluding carboxylic acids is 1. The Balaban J connectivity index is 0.00000240. The van der Waals surface area contributed by atoms with Gasteiger partial charge in [0.15, 0.2) is 0 Å². The molecule has 2 N–H and O–H groups in total. The molecule has 0 saturated carbocycles. The van der Waals surface area contributed by atoms with Crippen molar-refractivity contribution in [2.75, 3.05) is 32.8 Å². The van der Waals surface area contributed by atoms with Crippen LogP contribution in [0.1, 0.15) is 36.8 Å². The molecule has 1 amide bonds. The number of hydrogen-bond donors (Lipinski definition) is 2. The van der Waals surface area contributed by atoms with Crippen molar-refractivity contribution in [1.82, 2.24) is 20.4 Å². The van der Waals surface area contributed by atoms with E-state index >= 15 is 0 Å². The third-order valence-electron chi connectivity index (χ3n) is 6.55. The lowest BCUT2D eigenvalue weighted by Crippen LogP contribution is -2.57. The molecule has 2 fully saturated rings. The Labute approximate surface area is 178 Å². The first-order valence-corrected chi connectivity index (χ1v) is 10.3. The van der Waals surface area contributed by atoms with Crippen LogP contribution in [0.25, 0.3) is 0 Å². The van der Waals surface area contributed by atoms with Crippen LogP contribution in [0.15, 0.2) is 42.7 Å². The summed E-state index contributed by atoms with van der Waals surface area (Å²) in [6, 6.07) is 10.4. The van der Waals surface area contributed by atoms with Crippen molar-refractivity contribution in [2.45, 2.75) is 43.6 Å². The molecule has 2 saturated heterocycles. The van der Waals surface area contributed by atoms with Crippen LogP contribution in [0.2, 0.25) is 0 Å². The molecular formula is C22H31ClN4O2. The van der Waals surface area contributed by atoms with Crippen LogP contribution in [0.3, 0.4) is 0 Å². The highest BCUT2D eigenvalue weighted by Gasteiger charge is 2.43. The number of piperidine rings is 1. The summed E-state index contributed by atoms with van der Waals surface area (Å²) in [5, 5.41) is 11.1. The number of benzene rings is 1. The average molecular weight is 419 g/mol. The number of ether oxygens (including phenoxy) is 1. The van der Waals surface area contributed by atoms with Gasteiger partial charge in [-0.3, -0.25) is 9.48 Å². The highest BCUT2D eigenvalue weighted by molar-refractivity contribution is 5.85. The lowest BCUT2D eigenvalue weighted by molar-refractivity contribution is -0.132. The zero-order valence-electron chi connectivity index (χ0n) is 17.0. The number of aryl methyl sites for hydroxylation is 1. The maximum Gasteiger partial charge on any atom is 0.248 e. The molecule has 0 radical (unpaired) electrons. The van der Waals surface area contributed by atoms with E-state index < -0.39 is 5.54 Å². The smallest absolute Gasteiger partial charge is 0.248 e. The topological polar surface area (TPSA) is 68.2 Å². The van der Waals surface area contributed by atoms with Gasteiger partial charge in [-0.05, 0) is 62.9 Å². The minimum atomic E-state index is -0.604. The first kappa shape index (κ1) is 21.8. The van der Waals surface area contributed by atoms with E-state index in [1.54, 1.807) is 6.20 Å². The van der Waals surface area contributed by atoms with Gasteiger partial charge in [-0.1, -0.05) is 24.3 Å². The second-order valence-corrected chi connectivity index (χ2v) is 8.12. The number of rotatable bonds is 5. The number of carbonyl (C=O) groups is 1. The first-order chi connectivity index (χ1) is 13.7. The lowest BCUT2D eigenvalue weighted by Gasteiger charge is -2.41. The van der Waals surface area contributed by atoms with Crippen LogP contribution >= 0.6 is 12.4 Å². The Morgan fingerprint density at radius 2 is 1.90 bits per heavy atom. The monoisotopic (exact) mass is 418 g/mol. The summed E-state index contributed by atoms with van der Waals surface area (Å²) in [5.41, 5.74) is 1.93. The average Bonchev–Trinajstić information content (AvgIpc) is 3.29. The molecule has 2 aromatic rings. The minimum Gasteiger partial charge on any atom is -0.381 e.